The summed E-state index contributed by atoms with van der Waals surface area (Å²) in [6, 6.07) is 11.0. The molecule has 0 fully saturated rings. The average molecular weight is 230 g/mol. The Bertz CT molecular complexity index is 541. The van der Waals surface area contributed by atoms with Gasteiger partial charge in [0, 0.05) is 5.56 Å². The monoisotopic (exact) mass is 230 g/mol. The molecule has 0 radical (unpaired) electrons. The second-order valence-electron chi connectivity index (χ2n) is 3.34. The van der Waals surface area contributed by atoms with Gasteiger partial charge in [0.25, 0.3) is 0 Å². The summed E-state index contributed by atoms with van der Waals surface area (Å²) in [6.45, 7) is 0. The van der Waals surface area contributed by atoms with Gasteiger partial charge in [0.05, 0.1) is 7.11 Å². The highest BCUT2D eigenvalue weighted by Gasteiger charge is 2.20. The fourth-order valence-corrected chi connectivity index (χ4v) is 1.61. The molecular formula is C12H10N2O3. The van der Waals surface area contributed by atoms with Gasteiger partial charge in [-0.15, -0.1) is 0 Å². The van der Waals surface area contributed by atoms with Gasteiger partial charge in [-0.1, -0.05) is 30.3 Å². The molecule has 1 heterocycles. The van der Waals surface area contributed by atoms with Crippen molar-refractivity contribution in [2.45, 2.75) is 0 Å². The molecule has 0 atom stereocenters. The summed E-state index contributed by atoms with van der Waals surface area (Å²) < 4.78 is 5.09. The Balaban J connectivity index is 2.63. The van der Waals surface area contributed by atoms with Crippen LogP contribution in [0.3, 0.4) is 0 Å². The summed E-state index contributed by atoms with van der Waals surface area (Å²) in [6.07, 6.45) is 1.41. The van der Waals surface area contributed by atoms with Crippen LogP contribution >= 0.6 is 0 Å². The second kappa shape index (κ2) is 4.61. The lowest BCUT2D eigenvalue weighted by atomic mass is 10.1. The van der Waals surface area contributed by atoms with E-state index in [1.165, 1.54) is 13.3 Å². The number of hydrogen-bond donors (Lipinski definition) is 0. The fraction of sp³-hybridized carbons (Fsp3) is 0.0833. The zero-order chi connectivity index (χ0) is 12.3. The van der Waals surface area contributed by atoms with Gasteiger partial charge in [0.15, 0.2) is 0 Å². The molecule has 2 aromatic rings. The van der Waals surface area contributed by atoms with Crippen molar-refractivity contribution in [3.05, 3.63) is 52.7 Å². The van der Waals surface area contributed by atoms with Crippen molar-refractivity contribution in [3.8, 4) is 16.9 Å². The number of benzene rings is 1. The van der Waals surface area contributed by atoms with Crippen LogP contribution in [0, 0.1) is 10.1 Å². The fourth-order valence-electron chi connectivity index (χ4n) is 1.61. The Morgan fingerprint density at radius 1 is 1.24 bits per heavy atom. The molecule has 0 aliphatic carbocycles. The van der Waals surface area contributed by atoms with E-state index in [1.807, 2.05) is 30.3 Å². The van der Waals surface area contributed by atoms with E-state index in [1.54, 1.807) is 6.07 Å². The molecule has 5 nitrogen and oxygen atoms in total. The van der Waals surface area contributed by atoms with Crippen LogP contribution in [0.5, 0.6) is 5.75 Å². The molecule has 2 rings (SSSR count). The molecule has 5 heteroatoms. The van der Waals surface area contributed by atoms with Crippen molar-refractivity contribution in [1.29, 1.82) is 0 Å². The van der Waals surface area contributed by atoms with Crippen LogP contribution in [-0.2, 0) is 0 Å². The topological polar surface area (TPSA) is 65.3 Å². The second-order valence-corrected chi connectivity index (χ2v) is 3.34. The van der Waals surface area contributed by atoms with Crippen molar-refractivity contribution in [1.82, 2.24) is 4.98 Å². The molecular weight excluding hydrogens is 220 g/mol. The number of nitro groups is 1. The van der Waals surface area contributed by atoms with Crippen LogP contribution in [0.2, 0.25) is 0 Å². The Labute approximate surface area is 97.8 Å². The lowest BCUT2D eigenvalue weighted by Crippen LogP contribution is -1.98. The molecule has 0 N–H and O–H groups in total. The third-order valence-electron chi connectivity index (χ3n) is 2.35. The SMILES string of the molecule is COc1c(-c2ccccc2)ccnc1[N+](=O)[O-]. The summed E-state index contributed by atoms with van der Waals surface area (Å²) in [7, 11) is 1.40. The third kappa shape index (κ3) is 2.08. The van der Waals surface area contributed by atoms with Gasteiger partial charge >= 0.3 is 5.82 Å². The lowest BCUT2D eigenvalue weighted by molar-refractivity contribution is -0.390. The Hall–Kier alpha value is -2.43. The van der Waals surface area contributed by atoms with Crippen LogP contribution in [0.4, 0.5) is 5.82 Å². The molecule has 17 heavy (non-hydrogen) atoms. The highest BCUT2D eigenvalue weighted by atomic mass is 16.6. The molecule has 86 valence electrons. The minimum Gasteiger partial charge on any atom is -0.489 e. The quantitative estimate of drug-likeness (QED) is 0.600. The molecule has 1 aromatic carbocycles. The number of aromatic nitrogens is 1. The minimum absolute atomic E-state index is 0.184. The number of hydrogen-bond acceptors (Lipinski definition) is 4. The largest absolute Gasteiger partial charge is 0.489 e. The zero-order valence-electron chi connectivity index (χ0n) is 9.16. The number of rotatable bonds is 3. The van der Waals surface area contributed by atoms with E-state index in [9.17, 15) is 10.1 Å². The predicted molar refractivity (Wildman–Crippen MR) is 62.9 cm³/mol. The van der Waals surface area contributed by atoms with E-state index in [0.29, 0.717) is 5.56 Å². The van der Waals surface area contributed by atoms with Gasteiger partial charge in [-0.05, 0) is 21.5 Å². The molecule has 0 saturated carbocycles. The zero-order valence-corrected chi connectivity index (χ0v) is 9.16. The van der Waals surface area contributed by atoms with E-state index < -0.39 is 4.92 Å². The standard InChI is InChI=1S/C12H10N2O3/c1-17-11-10(9-5-3-2-4-6-9)7-8-13-12(11)14(15)16/h2-8H,1H3. The molecule has 0 aliphatic heterocycles. The molecule has 0 saturated heterocycles. The van der Waals surface area contributed by atoms with Crippen LogP contribution in [-0.4, -0.2) is 17.0 Å². The maximum atomic E-state index is 10.8. The molecule has 0 bridgehead atoms. The smallest absolute Gasteiger partial charge is 0.406 e. The number of ether oxygens (including phenoxy) is 1. The first-order valence-corrected chi connectivity index (χ1v) is 4.97. The van der Waals surface area contributed by atoms with E-state index >= 15 is 0 Å². The summed E-state index contributed by atoms with van der Waals surface area (Å²) >= 11 is 0. The maximum Gasteiger partial charge on any atom is 0.406 e. The summed E-state index contributed by atoms with van der Waals surface area (Å²) in [4.78, 5) is 14.0. The van der Waals surface area contributed by atoms with Crippen LogP contribution in [0.15, 0.2) is 42.6 Å². The van der Waals surface area contributed by atoms with Crippen LogP contribution < -0.4 is 4.74 Å². The van der Waals surface area contributed by atoms with Crippen molar-refractivity contribution < 1.29 is 9.66 Å². The number of pyridine rings is 1. The third-order valence-corrected chi connectivity index (χ3v) is 2.35. The highest BCUT2D eigenvalue weighted by molar-refractivity contribution is 5.73. The Kier molecular flexibility index (Phi) is 3.00. The first-order chi connectivity index (χ1) is 8.24. The predicted octanol–water partition coefficient (Wildman–Crippen LogP) is 2.67. The van der Waals surface area contributed by atoms with E-state index in [-0.39, 0.29) is 11.6 Å². The molecule has 0 amide bonds. The first kappa shape index (κ1) is 11.1. The Morgan fingerprint density at radius 2 is 1.94 bits per heavy atom. The molecule has 0 spiro atoms. The van der Waals surface area contributed by atoms with Gasteiger partial charge in [0.2, 0.25) is 5.75 Å². The Morgan fingerprint density at radius 3 is 2.53 bits per heavy atom. The molecule has 1 aromatic heterocycles. The van der Waals surface area contributed by atoms with Gasteiger partial charge in [-0.2, -0.15) is 0 Å². The summed E-state index contributed by atoms with van der Waals surface area (Å²) in [5.74, 6) is -0.0856. The lowest BCUT2D eigenvalue weighted by Gasteiger charge is -2.07. The summed E-state index contributed by atoms with van der Waals surface area (Å²) in [5.41, 5.74) is 1.52. The average Bonchev–Trinajstić information content (AvgIpc) is 2.38. The van der Waals surface area contributed by atoms with E-state index in [2.05, 4.69) is 4.98 Å². The number of methoxy groups -OCH3 is 1. The minimum atomic E-state index is -0.550. The van der Waals surface area contributed by atoms with Crippen LogP contribution in [0.1, 0.15) is 0 Å². The number of nitrogens with zero attached hydrogens (tertiary/aromatic N) is 2. The first-order valence-electron chi connectivity index (χ1n) is 4.97. The van der Waals surface area contributed by atoms with Crippen molar-refractivity contribution in [2.75, 3.05) is 7.11 Å². The van der Waals surface area contributed by atoms with Gasteiger partial charge in [-0.25, -0.2) is 0 Å². The molecule has 0 aliphatic rings. The van der Waals surface area contributed by atoms with Gasteiger partial charge in [-0.3, -0.25) is 0 Å². The van der Waals surface area contributed by atoms with E-state index in [0.717, 1.165) is 5.56 Å². The maximum absolute atomic E-state index is 10.8. The van der Waals surface area contributed by atoms with Gasteiger partial charge < -0.3 is 14.9 Å². The highest BCUT2D eigenvalue weighted by Crippen LogP contribution is 2.35. The van der Waals surface area contributed by atoms with E-state index in [4.69, 9.17) is 4.74 Å². The summed E-state index contributed by atoms with van der Waals surface area (Å²) in [5, 5.41) is 10.8. The van der Waals surface area contributed by atoms with Crippen molar-refractivity contribution in [2.24, 2.45) is 0 Å². The van der Waals surface area contributed by atoms with Crippen LogP contribution in [0.25, 0.3) is 11.1 Å². The molecule has 0 unspecified atom stereocenters. The normalized spacial score (nSPS) is 9.94. The van der Waals surface area contributed by atoms with Crippen molar-refractivity contribution >= 4 is 5.82 Å². The van der Waals surface area contributed by atoms with Gasteiger partial charge in [0.1, 0.15) is 6.20 Å². The van der Waals surface area contributed by atoms with Crippen molar-refractivity contribution in [3.63, 3.8) is 0 Å².